The van der Waals surface area contributed by atoms with Crippen molar-refractivity contribution in [3.05, 3.63) is 47.4 Å². The predicted molar refractivity (Wildman–Crippen MR) is 88.4 cm³/mol. The maximum absolute atomic E-state index is 12.2. The molecule has 0 fully saturated rings. The zero-order valence-electron chi connectivity index (χ0n) is 13.3. The van der Waals surface area contributed by atoms with Crippen LogP contribution in [0.4, 0.5) is 11.5 Å². The molecule has 1 aromatic carbocycles. The highest BCUT2D eigenvalue weighted by Crippen LogP contribution is 2.25. The molecule has 1 atom stereocenters. The highest BCUT2D eigenvalue weighted by atomic mass is 16.5. The van der Waals surface area contributed by atoms with Crippen LogP contribution >= 0.6 is 0 Å². The molecule has 124 valence electrons. The maximum atomic E-state index is 12.2. The predicted octanol–water partition coefficient (Wildman–Crippen LogP) is 1.73. The van der Waals surface area contributed by atoms with Gasteiger partial charge in [0, 0.05) is 18.1 Å². The van der Waals surface area contributed by atoms with Gasteiger partial charge in [-0.25, -0.2) is 14.8 Å². The minimum Gasteiger partial charge on any atom is -0.448 e. The molecule has 0 unspecified atom stereocenters. The molecule has 7 heteroatoms. The Hall–Kier alpha value is -2.96. The first-order valence-corrected chi connectivity index (χ1v) is 7.74. The van der Waals surface area contributed by atoms with Crippen molar-refractivity contribution in [2.24, 2.45) is 0 Å². The van der Waals surface area contributed by atoms with Gasteiger partial charge in [0.1, 0.15) is 0 Å². The molecule has 24 heavy (non-hydrogen) atoms. The number of nitrogens with zero attached hydrogens (tertiary/aromatic N) is 2. The smallest absolute Gasteiger partial charge is 0.361 e. The fourth-order valence-electron chi connectivity index (χ4n) is 2.67. The normalized spacial score (nSPS) is 13.9. The number of benzene rings is 1. The third-order valence-electron chi connectivity index (χ3n) is 3.94. The lowest BCUT2D eigenvalue weighted by Gasteiger charge is -2.14. The zero-order valence-corrected chi connectivity index (χ0v) is 13.3. The number of esters is 1. The van der Waals surface area contributed by atoms with Crippen LogP contribution in [0.2, 0.25) is 0 Å². The van der Waals surface area contributed by atoms with Gasteiger partial charge in [0.15, 0.2) is 17.6 Å². The first-order chi connectivity index (χ1) is 11.5. The SMILES string of the molecule is C[C@H](OC(=O)c1nccnc1N)C(=O)Nc1ccc2c(c1)CCC2. The molecule has 7 nitrogen and oxygen atoms in total. The number of ether oxygens (including phenoxy) is 1. The van der Waals surface area contributed by atoms with E-state index in [-0.39, 0.29) is 11.5 Å². The zero-order chi connectivity index (χ0) is 17.1. The molecule has 1 amide bonds. The molecule has 1 aliphatic rings. The van der Waals surface area contributed by atoms with Crippen LogP contribution in [0.25, 0.3) is 0 Å². The van der Waals surface area contributed by atoms with Gasteiger partial charge in [-0.2, -0.15) is 0 Å². The van der Waals surface area contributed by atoms with Crippen LogP contribution in [0, 0.1) is 0 Å². The number of fused-ring (bicyclic) bond motifs is 1. The number of nitrogens with two attached hydrogens (primary N) is 1. The fraction of sp³-hybridized carbons (Fsp3) is 0.294. The summed E-state index contributed by atoms with van der Waals surface area (Å²) in [6.07, 6.45) is 4.97. The molecule has 1 aromatic heterocycles. The monoisotopic (exact) mass is 326 g/mol. The topological polar surface area (TPSA) is 107 Å². The van der Waals surface area contributed by atoms with Gasteiger partial charge < -0.3 is 15.8 Å². The molecule has 0 aliphatic heterocycles. The van der Waals surface area contributed by atoms with Gasteiger partial charge >= 0.3 is 5.97 Å². The van der Waals surface area contributed by atoms with Gasteiger partial charge in [0.2, 0.25) is 0 Å². The van der Waals surface area contributed by atoms with E-state index in [0.717, 1.165) is 19.3 Å². The summed E-state index contributed by atoms with van der Waals surface area (Å²) in [5.74, 6) is -1.23. The van der Waals surface area contributed by atoms with Crippen molar-refractivity contribution in [2.75, 3.05) is 11.1 Å². The standard InChI is InChI=1S/C17H18N4O3/c1-10(24-17(23)14-15(18)20-8-7-19-14)16(22)21-13-6-5-11-3-2-4-12(11)9-13/h5-10H,2-4H2,1H3,(H2,18,20)(H,21,22)/t10-/m0/s1. The number of nitrogens with one attached hydrogen (secondary N) is 1. The van der Waals surface area contributed by atoms with E-state index in [9.17, 15) is 9.59 Å². The first kappa shape index (κ1) is 15.9. The highest BCUT2D eigenvalue weighted by molar-refractivity contribution is 5.98. The largest absolute Gasteiger partial charge is 0.448 e. The molecule has 2 aromatic rings. The lowest BCUT2D eigenvalue weighted by Crippen LogP contribution is -2.30. The number of nitrogen functional groups attached to an aromatic ring is 1. The average molecular weight is 326 g/mol. The quantitative estimate of drug-likeness (QED) is 0.829. The van der Waals surface area contributed by atoms with Gasteiger partial charge in [0.05, 0.1) is 0 Å². The van der Waals surface area contributed by atoms with Crippen LogP contribution in [0.1, 0.15) is 35.0 Å². The third kappa shape index (κ3) is 3.34. The lowest BCUT2D eigenvalue weighted by molar-refractivity contribution is -0.123. The Morgan fingerprint density at radius 3 is 2.75 bits per heavy atom. The summed E-state index contributed by atoms with van der Waals surface area (Å²) >= 11 is 0. The second-order valence-electron chi connectivity index (χ2n) is 5.66. The van der Waals surface area contributed by atoms with Crippen molar-refractivity contribution < 1.29 is 14.3 Å². The number of carbonyl (C=O) groups is 2. The number of aromatic nitrogens is 2. The summed E-state index contributed by atoms with van der Waals surface area (Å²) in [5.41, 5.74) is 8.75. The molecule has 3 rings (SSSR count). The maximum Gasteiger partial charge on any atom is 0.361 e. The minimum absolute atomic E-state index is 0.0336. The Balaban J connectivity index is 1.63. The van der Waals surface area contributed by atoms with Crippen molar-refractivity contribution in [2.45, 2.75) is 32.3 Å². The van der Waals surface area contributed by atoms with Crippen molar-refractivity contribution in [3.8, 4) is 0 Å². The van der Waals surface area contributed by atoms with Gasteiger partial charge in [-0.15, -0.1) is 0 Å². The highest BCUT2D eigenvalue weighted by Gasteiger charge is 2.22. The Morgan fingerprint density at radius 1 is 1.21 bits per heavy atom. The Morgan fingerprint density at radius 2 is 1.96 bits per heavy atom. The first-order valence-electron chi connectivity index (χ1n) is 7.74. The van der Waals surface area contributed by atoms with E-state index in [4.69, 9.17) is 10.5 Å². The van der Waals surface area contributed by atoms with E-state index < -0.39 is 18.0 Å². The molecule has 0 saturated carbocycles. The second-order valence-corrected chi connectivity index (χ2v) is 5.66. The molecular formula is C17H18N4O3. The van der Waals surface area contributed by atoms with Crippen molar-refractivity contribution in [3.63, 3.8) is 0 Å². The Bertz CT molecular complexity index is 791. The van der Waals surface area contributed by atoms with Gasteiger partial charge in [-0.05, 0) is 49.4 Å². The van der Waals surface area contributed by atoms with Gasteiger partial charge in [-0.1, -0.05) is 6.07 Å². The summed E-state index contributed by atoms with van der Waals surface area (Å²) in [5, 5.41) is 2.76. The number of amides is 1. The van der Waals surface area contributed by atoms with E-state index in [1.54, 1.807) is 0 Å². The summed E-state index contributed by atoms with van der Waals surface area (Å²) in [7, 11) is 0. The summed E-state index contributed by atoms with van der Waals surface area (Å²) in [6, 6.07) is 5.85. The average Bonchev–Trinajstić information content (AvgIpc) is 3.02. The number of hydrogen-bond acceptors (Lipinski definition) is 6. The van der Waals surface area contributed by atoms with Crippen LogP contribution in [0.3, 0.4) is 0 Å². The van der Waals surface area contributed by atoms with E-state index in [1.807, 2.05) is 18.2 Å². The number of anilines is 2. The van der Waals surface area contributed by atoms with Crippen LogP contribution in [0.15, 0.2) is 30.6 Å². The second kappa shape index (κ2) is 6.66. The van der Waals surface area contributed by atoms with Crippen molar-refractivity contribution >= 4 is 23.4 Å². The van der Waals surface area contributed by atoms with Crippen LogP contribution < -0.4 is 11.1 Å². The van der Waals surface area contributed by atoms with Gasteiger partial charge in [-0.3, -0.25) is 4.79 Å². The number of aryl methyl sites for hydroxylation is 2. The summed E-state index contributed by atoms with van der Waals surface area (Å²) in [6.45, 7) is 1.49. The molecule has 0 bridgehead atoms. The van der Waals surface area contributed by atoms with E-state index in [1.165, 1.54) is 30.4 Å². The molecule has 0 radical (unpaired) electrons. The number of hydrogen-bond donors (Lipinski definition) is 2. The van der Waals surface area contributed by atoms with Crippen molar-refractivity contribution in [1.29, 1.82) is 0 Å². The van der Waals surface area contributed by atoms with Crippen molar-refractivity contribution in [1.82, 2.24) is 9.97 Å². The molecule has 0 saturated heterocycles. The van der Waals surface area contributed by atoms with E-state index in [0.29, 0.717) is 5.69 Å². The molecular weight excluding hydrogens is 308 g/mol. The summed E-state index contributed by atoms with van der Waals surface area (Å²) in [4.78, 5) is 31.8. The number of rotatable bonds is 4. The lowest BCUT2D eigenvalue weighted by atomic mass is 10.1. The molecule has 0 spiro atoms. The number of carbonyl (C=O) groups excluding carboxylic acids is 2. The fourth-order valence-corrected chi connectivity index (χ4v) is 2.67. The van der Waals surface area contributed by atoms with E-state index in [2.05, 4.69) is 15.3 Å². The Kier molecular flexibility index (Phi) is 4.41. The van der Waals surface area contributed by atoms with Gasteiger partial charge in [0.25, 0.3) is 5.91 Å². The Labute approximate surface area is 139 Å². The van der Waals surface area contributed by atoms with Crippen LogP contribution in [-0.2, 0) is 22.4 Å². The summed E-state index contributed by atoms with van der Waals surface area (Å²) < 4.78 is 5.11. The molecule has 1 aliphatic carbocycles. The molecule has 1 heterocycles. The third-order valence-corrected chi connectivity index (χ3v) is 3.94. The van der Waals surface area contributed by atoms with E-state index >= 15 is 0 Å². The molecule has 3 N–H and O–H groups in total. The van der Waals surface area contributed by atoms with Crippen LogP contribution in [0.5, 0.6) is 0 Å². The van der Waals surface area contributed by atoms with Crippen LogP contribution in [-0.4, -0.2) is 27.9 Å². The minimum atomic E-state index is -0.979.